The third-order valence-corrected chi connectivity index (χ3v) is 6.52. The second-order valence-corrected chi connectivity index (χ2v) is 9.21. The average molecular weight is 505 g/mol. The Bertz CT molecular complexity index is 1230. The van der Waals surface area contributed by atoms with Crippen LogP contribution in [-0.4, -0.2) is 48.1 Å². The largest absolute Gasteiger partial charge is 0.397 e. The van der Waals surface area contributed by atoms with Gasteiger partial charge in [-0.15, -0.1) is 0 Å². The van der Waals surface area contributed by atoms with E-state index in [1.165, 1.54) is 6.08 Å². The standard InChI is InChI=1S/C28H29ClN4O3/c29-21-10-12-22(13-11-21)31-28(36)24-18-33(15-16-34)17-23(24)20-8-5-19(6-9-20)7-14-27(35)32-26-4-2-1-3-25(26)30/h1-14,23-24,34H,15-18,30H2,(H,31,36)(H,32,35)/b14-7+. The lowest BCUT2D eigenvalue weighted by Crippen LogP contribution is -2.29. The molecule has 7 nitrogen and oxygen atoms in total. The Balaban J connectivity index is 1.43. The van der Waals surface area contributed by atoms with E-state index in [1.54, 1.807) is 42.5 Å². The van der Waals surface area contributed by atoms with Crippen molar-refractivity contribution in [3.63, 3.8) is 0 Å². The molecule has 0 radical (unpaired) electrons. The smallest absolute Gasteiger partial charge is 0.248 e. The first-order chi connectivity index (χ1) is 17.4. The van der Waals surface area contributed by atoms with Crippen molar-refractivity contribution in [1.29, 1.82) is 0 Å². The van der Waals surface area contributed by atoms with Crippen LogP contribution in [0.4, 0.5) is 17.1 Å². The number of aliphatic hydroxyl groups excluding tert-OH is 1. The van der Waals surface area contributed by atoms with Crippen LogP contribution in [0.2, 0.25) is 5.02 Å². The number of β-amino-alcohol motifs (C(OH)–C–C–N with tert-alkyl or cyclic N) is 1. The van der Waals surface area contributed by atoms with E-state index in [4.69, 9.17) is 17.3 Å². The molecule has 0 aromatic heterocycles. The number of nitrogens with zero attached hydrogens (tertiary/aromatic N) is 1. The predicted octanol–water partition coefficient (Wildman–Crippen LogP) is 4.22. The molecule has 0 spiro atoms. The van der Waals surface area contributed by atoms with Gasteiger partial charge in [0.1, 0.15) is 0 Å². The first-order valence-corrected chi connectivity index (χ1v) is 12.1. The Labute approximate surface area is 215 Å². The van der Waals surface area contributed by atoms with Gasteiger partial charge in [-0.3, -0.25) is 14.5 Å². The lowest BCUT2D eigenvalue weighted by molar-refractivity contribution is -0.120. The summed E-state index contributed by atoms with van der Waals surface area (Å²) in [6, 6.07) is 22.0. The number of carbonyl (C=O) groups is 2. The van der Waals surface area contributed by atoms with Gasteiger partial charge in [-0.2, -0.15) is 0 Å². The topological polar surface area (TPSA) is 108 Å². The summed E-state index contributed by atoms with van der Waals surface area (Å²) in [6.07, 6.45) is 3.19. The third kappa shape index (κ3) is 6.51. The second kappa shape index (κ2) is 11.9. The fraction of sp³-hybridized carbons (Fsp3) is 0.214. The zero-order valence-electron chi connectivity index (χ0n) is 19.7. The van der Waals surface area contributed by atoms with Gasteiger partial charge in [0, 0.05) is 42.3 Å². The van der Waals surface area contributed by atoms with Crippen molar-refractivity contribution < 1.29 is 14.7 Å². The quantitative estimate of drug-likeness (QED) is 0.271. The predicted molar refractivity (Wildman–Crippen MR) is 145 cm³/mol. The van der Waals surface area contributed by atoms with Crippen molar-refractivity contribution in [2.75, 3.05) is 42.6 Å². The molecule has 1 aliphatic heterocycles. The van der Waals surface area contributed by atoms with E-state index in [9.17, 15) is 14.7 Å². The Morgan fingerprint density at radius 2 is 1.72 bits per heavy atom. The molecule has 8 heteroatoms. The number of nitrogens with two attached hydrogens (primary N) is 1. The highest BCUT2D eigenvalue weighted by Gasteiger charge is 2.38. The van der Waals surface area contributed by atoms with E-state index >= 15 is 0 Å². The number of anilines is 3. The van der Waals surface area contributed by atoms with E-state index in [1.807, 2.05) is 36.4 Å². The number of hydrogen-bond acceptors (Lipinski definition) is 5. The number of halogens is 1. The highest BCUT2D eigenvalue weighted by atomic mass is 35.5. The van der Waals surface area contributed by atoms with Crippen LogP contribution in [0.3, 0.4) is 0 Å². The normalized spacial score (nSPS) is 17.8. The number of nitrogens with one attached hydrogen (secondary N) is 2. The van der Waals surface area contributed by atoms with Crippen LogP contribution in [-0.2, 0) is 9.59 Å². The molecule has 1 aliphatic rings. The van der Waals surface area contributed by atoms with Crippen molar-refractivity contribution in [3.05, 3.63) is 95.0 Å². The zero-order chi connectivity index (χ0) is 25.5. The number of amides is 2. The summed E-state index contributed by atoms with van der Waals surface area (Å²) in [5.41, 5.74) is 9.54. The second-order valence-electron chi connectivity index (χ2n) is 8.77. The lowest BCUT2D eigenvalue weighted by atomic mass is 9.88. The van der Waals surface area contributed by atoms with Crippen molar-refractivity contribution >= 4 is 46.6 Å². The minimum Gasteiger partial charge on any atom is -0.397 e. The van der Waals surface area contributed by atoms with Crippen LogP contribution in [0.1, 0.15) is 17.0 Å². The van der Waals surface area contributed by atoms with Crippen LogP contribution >= 0.6 is 11.6 Å². The number of nitrogen functional groups attached to an aromatic ring is 1. The molecule has 1 fully saturated rings. The Hall–Kier alpha value is -3.65. The fourth-order valence-corrected chi connectivity index (χ4v) is 4.52. The molecule has 2 atom stereocenters. The van der Waals surface area contributed by atoms with Crippen LogP contribution < -0.4 is 16.4 Å². The molecule has 0 saturated carbocycles. The first kappa shape index (κ1) is 25.4. The van der Waals surface area contributed by atoms with Crippen molar-refractivity contribution in [3.8, 4) is 0 Å². The fourth-order valence-electron chi connectivity index (χ4n) is 4.39. The highest BCUT2D eigenvalue weighted by Crippen LogP contribution is 2.34. The molecule has 0 bridgehead atoms. The molecule has 1 saturated heterocycles. The van der Waals surface area contributed by atoms with Crippen LogP contribution in [0.15, 0.2) is 78.9 Å². The summed E-state index contributed by atoms with van der Waals surface area (Å²) in [7, 11) is 0. The third-order valence-electron chi connectivity index (χ3n) is 6.27. The molecule has 0 aliphatic carbocycles. The monoisotopic (exact) mass is 504 g/mol. The van der Waals surface area contributed by atoms with Crippen LogP contribution in [0, 0.1) is 5.92 Å². The Kier molecular flexibility index (Phi) is 8.38. The molecule has 2 amide bonds. The molecule has 1 heterocycles. The number of likely N-dealkylation sites (tertiary alicyclic amines) is 1. The van der Waals surface area contributed by atoms with Gasteiger partial charge in [0.15, 0.2) is 0 Å². The van der Waals surface area contributed by atoms with Crippen molar-refractivity contribution in [2.45, 2.75) is 5.92 Å². The van der Waals surface area contributed by atoms with Gasteiger partial charge in [-0.1, -0.05) is 48.0 Å². The number of carbonyl (C=O) groups excluding carboxylic acids is 2. The first-order valence-electron chi connectivity index (χ1n) is 11.8. The van der Waals surface area contributed by atoms with Gasteiger partial charge in [-0.05, 0) is 53.6 Å². The molecular formula is C28H29ClN4O3. The molecular weight excluding hydrogens is 476 g/mol. The average Bonchev–Trinajstić information content (AvgIpc) is 3.30. The molecule has 186 valence electrons. The summed E-state index contributed by atoms with van der Waals surface area (Å²) in [5.74, 6) is -0.628. The molecule has 5 N–H and O–H groups in total. The summed E-state index contributed by atoms with van der Waals surface area (Å²) < 4.78 is 0. The number of rotatable bonds is 8. The van der Waals surface area contributed by atoms with E-state index in [2.05, 4.69) is 15.5 Å². The maximum absolute atomic E-state index is 13.2. The summed E-state index contributed by atoms with van der Waals surface area (Å²) in [6.45, 7) is 1.80. The van der Waals surface area contributed by atoms with Gasteiger partial charge < -0.3 is 21.5 Å². The molecule has 4 rings (SSSR count). The van der Waals surface area contributed by atoms with E-state index in [-0.39, 0.29) is 30.3 Å². The van der Waals surface area contributed by atoms with Crippen molar-refractivity contribution in [2.24, 2.45) is 5.92 Å². The van der Waals surface area contributed by atoms with E-state index in [0.717, 1.165) is 11.1 Å². The number of para-hydroxylation sites is 2. The summed E-state index contributed by atoms with van der Waals surface area (Å²) in [4.78, 5) is 27.5. The van der Waals surface area contributed by atoms with Gasteiger partial charge in [0.05, 0.1) is 23.9 Å². The van der Waals surface area contributed by atoms with Gasteiger partial charge in [0.2, 0.25) is 11.8 Å². The molecule has 2 unspecified atom stereocenters. The number of benzene rings is 3. The highest BCUT2D eigenvalue weighted by molar-refractivity contribution is 6.30. The van der Waals surface area contributed by atoms with Gasteiger partial charge >= 0.3 is 0 Å². The Morgan fingerprint density at radius 1 is 1.00 bits per heavy atom. The lowest BCUT2D eigenvalue weighted by Gasteiger charge is -2.19. The maximum Gasteiger partial charge on any atom is 0.248 e. The summed E-state index contributed by atoms with van der Waals surface area (Å²) in [5, 5.41) is 15.8. The Morgan fingerprint density at radius 3 is 2.42 bits per heavy atom. The van der Waals surface area contributed by atoms with E-state index in [0.29, 0.717) is 41.7 Å². The van der Waals surface area contributed by atoms with Crippen LogP contribution in [0.25, 0.3) is 6.08 Å². The number of hydrogen-bond donors (Lipinski definition) is 4. The van der Waals surface area contributed by atoms with Crippen LogP contribution in [0.5, 0.6) is 0 Å². The van der Waals surface area contributed by atoms with Crippen molar-refractivity contribution in [1.82, 2.24) is 4.90 Å². The minimum absolute atomic E-state index is 0.0220. The summed E-state index contributed by atoms with van der Waals surface area (Å²) >= 11 is 5.95. The molecule has 3 aromatic carbocycles. The van der Waals surface area contributed by atoms with Gasteiger partial charge in [-0.25, -0.2) is 0 Å². The number of aliphatic hydroxyl groups is 1. The van der Waals surface area contributed by atoms with E-state index < -0.39 is 0 Å². The van der Waals surface area contributed by atoms with Gasteiger partial charge in [0.25, 0.3) is 0 Å². The SMILES string of the molecule is Nc1ccccc1NC(=O)/C=C/c1ccc(C2CN(CCO)CC2C(=O)Nc2ccc(Cl)cc2)cc1. The molecule has 3 aromatic rings. The molecule has 36 heavy (non-hydrogen) atoms. The minimum atomic E-state index is -0.272. The zero-order valence-corrected chi connectivity index (χ0v) is 20.5. The maximum atomic E-state index is 13.2.